The third-order valence-electron chi connectivity index (χ3n) is 5.39. The van der Waals surface area contributed by atoms with Crippen molar-refractivity contribution >= 4 is 11.9 Å². The van der Waals surface area contributed by atoms with Gasteiger partial charge in [-0.1, -0.05) is 6.07 Å². The quantitative estimate of drug-likeness (QED) is 0.459. The Morgan fingerprint density at radius 3 is 2.79 bits per heavy atom. The number of carbonyl (C=O) groups is 1. The molecule has 1 N–H and O–H groups in total. The van der Waals surface area contributed by atoms with Crippen LogP contribution in [0.5, 0.6) is 5.88 Å². The van der Waals surface area contributed by atoms with Crippen molar-refractivity contribution in [2.75, 3.05) is 26.7 Å². The molecule has 3 rings (SSSR count). The molecule has 1 aliphatic heterocycles. The van der Waals surface area contributed by atoms with Crippen LogP contribution in [0.3, 0.4) is 0 Å². The first-order chi connectivity index (χ1) is 13.7. The van der Waals surface area contributed by atoms with Crippen molar-refractivity contribution in [2.45, 2.75) is 58.1 Å². The fraction of sp³-hybridized carbons (Fsp3) is 0.667. The first-order valence-corrected chi connectivity index (χ1v) is 10.4. The van der Waals surface area contributed by atoms with Gasteiger partial charge in [0.05, 0.1) is 12.5 Å². The normalized spacial score (nSPS) is 20.9. The maximum atomic E-state index is 12.1. The van der Waals surface area contributed by atoms with Crippen LogP contribution in [0.25, 0.3) is 0 Å². The topological polar surface area (TPSA) is 76.0 Å². The summed E-state index contributed by atoms with van der Waals surface area (Å²) in [6, 6.07) is 3.98. The first-order valence-electron chi connectivity index (χ1n) is 10.4. The molecule has 28 heavy (non-hydrogen) atoms. The molecule has 0 aromatic carbocycles. The molecule has 7 heteroatoms. The average Bonchev–Trinajstić information content (AvgIpc) is 3.23. The van der Waals surface area contributed by atoms with Gasteiger partial charge >= 0.3 is 5.97 Å². The molecule has 1 saturated heterocycles. The van der Waals surface area contributed by atoms with E-state index in [1.165, 1.54) is 12.8 Å². The van der Waals surface area contributed by atoms with Crippen LogP contribution in [0.15, 0.2) is 23.3 Å². The number of rotatable bonds is 6. The number of carbonyl (C=O) groups excluding carboxylic acids is 1. The predicted molar refractivity (Wildman–Crippen MR) is 108 cm³/mol. The number of guanidine groups is 1. The summed E-state index contributed by atoms with van der Waals surface area (Å²) in [4.78, 5) is 23.0. The molecule has 0 spiro atoms. The third-order valence-corrected chi connectivity index (χ3v) is 5.39. The molecule has 1 aromatic heterocycles. The molecule has 0 amide bonds. The highest BCUT2D eigenvalue weighted by molar-refractivity contribution is 5.81. The van der Waals surface area contributed by atoms with E-state index in [-0.39, 0.29) is 11.9 Å². The van der Waals surface area contributed by atoms with E-state index in [1.807, 2.05) is 25.3 Å². The number of nitrogens with zero attached hydrogens (tertiary/aromatic N) is 3. The molecule has 2 heterocycles. The van der Waals surface area contributed by atoms with Crippen molar-refractivity contribution in [1.82, 2.24) is 15.2 Å². The van der Waals surface area contributed by atoms with Crippen molar-refractivity contribution in [3.8, 4) is 5.88 Å². The number of aliphatic imine (C=N–C) groups is 1. The molecule has 1 atom stereocenters. The Hall–Kier alpha value is -2.31. The molecule has 0 radical (unpaired) electrons. The highest BCUT2D eigenvalue weighted by Gasteiger charge is 2.28. The molecule has 0 bridgehead atoms. The van der Waals surface area contributed by atoms with Crippen molar-refractivity contribution < 1.29 is 14.3 Å². The zero-order valence-corrected chi connectivity index (χ0v) is 17.0. The van der Waals surface area contributed by atoms with E-state index in [4.69, 9.17) is 9.47 Å². The van der Waals surface area contributed by atoms with Crippen LogP contribution in [0, 0.1) is 5.92 Å². The maximum Gasteiger partial charge on any atom is 0.310 e. The lowest BCUT2D eigenvalue weighted by Crippen LogP contribution is -2.48. The van der Waals surface area contributed by atoms with Crippen LogP contribution in [0.2, 0.25) is 0 Å². The predicted octanol–water partition coefficient (Wildman–Crippen LogP) is 2.75. The smallest absolute Gasteiger partial charge is 0.310 e. The van der Waals surface area contributed by atoms with Gasteiger partial charge in [0.2, 0.25) is 5.88 Å². The highest BCUT2D eigenvalue weighted by atomic mass is 16.5. The fourth-order valence-corrected chi connectivity index (χ4v) is 3.90. The summed E-state index contributed by atoms with van der Waals surface area (Å²) in [6.45, 7) is 4.43. The Morgan fingerprint density at radius 1 is 1.29 bits per heavy atom. The SMILES string of the molecule is CCOC(=O)C1CCCN(C(=NC)NCc2ccc(OC3CCCC3)nc2)C1. The number of hydrogen-bond donors (Lipinski definition) is 1. The van der Waals surface area contributed by atoms with Crippen LogP contribution in [-0.4, -0.2) is 54.7 Å². The monoisotopic (exact) mass is 388 g/mol. The Morgan fingerprint density at radius 2 is 2.11 bits per heavy atom. The van der Waals surface area contributed by atoms with Gasteiger partial charge in [-0.25, -0.2) is 4.98 Å². The molecule has 1 aliphatic carbocycles. The van der Waals surface area contributed by atoms with Gasteiger partial charge in [-0.15, -0.1) is 0 Å². The van der Waals surface area contributed by atoms with Gasteiger partial charge in [-0.2, -0.15) is 0 Å². The largest absolute Gasteiger partial charge is 0.474 e. The minimum absolute atomic E-state index is 0.0825. The maximum absolute atomic E-state index is 12.1. The number of pyridine rings is 1. The Bertz CT molecular complexity index is 656. The molecule has 1 aromatic rings. The van der Waals surface area contributed by atoms with E-state index in [0.29, 0.717) is 31.7 Å². The van der Waals surface area contributed by atoms with E-state index in [0.717, 1.165) is 43.8 Å². The molecule has 2 fully saturated rings. The lowest BCUT2D eigenvalue weighted by molar-refractivity contribution is -0.149. The zero-order valence-electron chi connectivity index (χ0n) is 17.0. The van der Waals surface area contributed by atoms with E-state index in [9.17, 15) is 4.79 Å². The summed E-state index contributed by atoms with van der Waals surface area (Å²) < 4.78 is 11.1. The van der Waals surface area contributed by atoms with Gasteiger partial charge in [0.25, 0.3) is 0 Å². The third kappa shape index (κ3) is 5.59. The average molecular weight is 389 g/mol. The lowest BCUT2D eigenvalue weighted by atomic mass is 9.98. The second kappa shape index (κ2) is 10.3. The Balaban J connectivity index is 1.50. The summed E-state index contributed by atoms with van der Waals surface area (Å²) >= 11 is 0. The molecule has 1 unspecified atom stereocenters. The van der Waals surface area contributed by atoms with Crippen LogP contribution < -0.4 is 10.1 Å². The zero-order chi connectivity index (χ0) is 19.8. The Kier molecular flexibility index (Phi) is 7.51. The summed E-state index contributed by atoms with van der Waals surface area (Å²) in [5.74, 6) is 1.32. The van der Waals surface area contributed by atoms with Gasteiger partial charge in [-0.05, 0) is 51.0 Å². The minimum atomic E-state index is -0.107. The van der Waals surface area contributed by atoms with Crippen molar-refractivity contribution in [2.24, 2.45) is 10.9 Å². The van der Waals surface area contributed by atoms with E-state index in [2.05, 4.69) is 20.2 Å². The number of ether oxygens (including phenoxy) is 2. The van der Waals surface area contributed by atoms with Gasteiger partial charge in [0, 0.05) is 38.9 Å². The van der Waals surface area contributed by atoms with Gasteiger partial charge in [0.1, 0.15) is 6.10 Å². The second-order valence-electron chi connectivity index (χ2n) is 7.47. The van der Waals surface area contributed by atoms with E-state index in [1.54, 1.807) is 7.05 Å². The summed E-state index contributed by atoms with van der Waals surface area (Å²) in [5.41, 5.74) is 1.07. The van der Waals surface area contributed by atoms with Crippen LogP contribution in [0.4, 0.5) is 0 Å². The molecular weight excluding hydrogens is 356 g/mol. The van der Waals surface area contributed by atoms with Crippen molar-refractivity contribution in [3.05, 3.63) is 23.9 Å². The number of piperidine rings is 1. The van der Waals surface area contributed by atoms with E-state index >= 15 is 0 Å². The summed E-state index contributed by atoms with van der Waals surface area (Å²) in [7, 11) is 1.77. The molecular formula is C21H32N4O3. The molecule has 7 nitrogen and oxygen atoms in total. The van der Waals surface area contributed by atoms with Crippen LogP contribution in [0.1, 0.15) is 51.0 Å². The second-order valence-corrected chi connectivity index (χ2v) is 7.47. The van der Waals surface area contributed by atoms with Gasteiger partial charge < -0.3 is 19.7 Å². The minimum Gasteiger partial charge on any atom is -0.474 e. The van der Waals surface area contributed by atoms with Crippen LogP contribution in [-0.2, 0) is 16.1 Å². The summed E-state index contributed by atoms with van der Waals surface area (Å²) in [6.07, 6.45) is 8.76. The number of nitrogens with one attached hydrogen (secondary N) is 1. The van der Waals surface area contributed by atoms with Crippen molar-refractivity contribution in [1.29, 1.82) is 0 Å². The molecule has 154 valence electrons. The Labute approximate surface area is 167 Å². The number of likely N-dealkylation sites (tertiary alicyclic amines) is 1. The van der Waals surface area contributed by atoms with Gasteiger partial charge in [0.15, 0.2) is 5.96 Å². The highest BCUT2D eigenvalue weighted by Crippen LogP contribution is 2.23. The molecule has 2 aliphatic rings. The lowest BCUT2D eigenvalue weighted by Gasteiger charge is -2.33. The molecule has 1 saturated carbocycles. The van der Waals surface area contributed by atoms with Gasteiger partial charge in [-0.3, -0.25) is 9.79 Å². The standard InChI is InChI=1S/C21H32N4O3/c1-3-27-20(26)17-7-6-12-25(15-17)21(22-2)24-14-16-10-11-19(23-13-16)28-18-8-4-5-9-18/h10-11,13,17-18H,3-9,12,14-15H2,1-2H3,(H,22,24). The summed E-state index contributed by atoms with van der Waals surface area (Å²) in [5, 5.41) is 3.38. The number of hydrogen-bond acceptors (Lipinski definition) is 5. The first kappa shape index (κ1) is 20.4. The number of aromatic nitrogens is 1. The number of esters is 1. The van der Waals surface area contributed by atoms with E-state index < -0.39 is 0 Å². The van der Waals surface area contributed by atoms with Crippen LogP contribution >= 0.6 is 0 Å². The van der Waals surface area contributed by atoms with Crippen molar-refractivity contribution in [3.63, 3.8) is 0 Å². The fourth-order valence-electron chi connectivity index (χ4n) is 3.90.